The summed E-state index contributed by atoms with van der Waals surface area (Å²) >= 11 is 0. The van der Waals surface area contributed by atoms with Crippen molar-refractivity contribution in [1.29, 1.82) is 0 Å². The molecule has 0 saturated heterocycles. The molecule has 0 bridgehead atoms. The minimum absolute atomic E-state index is 0.321. The van der Waals surface area contributed by atoms with Crippen LogP contribution in [0.15, 0.2) is 24.3 Å². The summed E-state index contributed by atoms with van der Waals surface area (Å²) in [6.45, 7) is 6.95. The quantitative estimate of drug-likeness (QED) is 0.907. The highest BCUT2D eigenvalue weighted by Gasteiger charge is 2.13. The van der Waals surface area contributed by atoms with Crippen LogP contribution in [0.2, 0.25) is 0 Å². The van der Waals surface area contributed by atoms with Crippen LogP contribution in [0.5, 0.6) is 11.5 Å². The van der Waals surface area contributed by atoms with Crippen molar-refractivity contribution < 1.29 is 9.47 Å². The van der Waals surface area contributed by atoms with Crippen molar-refractivity contribution in [3.05, 3.63) is 41.2 Å². The molecular weight excluding hydrogens is 254 g/mol. The molecule has 1 N–H and O–H groups in total. The van der Waals surface area contributed by atoms with Gasteiger partial charge in [-0.1, -0.05) is 6.07 Å². The summed E-state index contributed by atoms with van der Waals surface area (Å²) in [5.74, 6) is 1.66. The molecule has 0 radical (unpaired) electrons. The Morgan fingerprint density at radius 3 is 2.90 bits per heavy atom. The van der Waals surface area contributed by atoms with Gasteiger partial charge >= 0.3 is 0 Å². The molecular formula is C15H19N3O2. The normalized spacial score (nSPS) is 12.9. The van der Waals surface area contributed by atoms with E-state index in [9.17, 15) is 0 Å². The van der Waals surface area contributed by atoms with Gasteiger partial charge in [0.1, 0.15) is 0 Å². The van der Waals surface area contributed by atoms with Gasteiger partial charge in [0.2, 0.25) is 6.79 Å². The maximum Gasteiger partial charge on any atom is 0.231 e. The van der Waals surface area contributed by atoms with Gasteiger partial charge in [-0.25, -0.2) is 0 Å². The highest BCUT2D eigenvalue weighted by atomic mass is 16.7. The van der Waals surface area contributed by atoms with E-state index in [2.05, 4.69) is 29.5 Å². The first-order valence-electron chi connectivity index (χ1n) is 6.89. The molecule has 2 aromatic rings. The van der Waals surface area contributed by atoms with Crippen LogP contribution in [0.3, 0.4) is 0 Å². The summed E-state index contributed by atoms with van der Waals surface area (Å²) in [4.78, 5) is 0. The molecule has 0 unspecified atom stereocenters. The average Bonchev–Trinajstić information content (AvgIpc) is 3.04. The van der Waals surface area contributed by atoms with E-state index >= 15 is 0 Å². The maximum absolute atomic E-state index is 5.38. The molecule has 0 fully saturated rings. The Balaban J connectivity index is 1.59. The molecule has 5 nitrogen and oxygen atoms in total. The molecule has 1 aromatic carbocycles. The van der Waals surface area contributed by atoms with Crippen molar-refractivity contribution in [2.24, 2.45) is 0 Å². The zero-order valence-corrected chi connectivity index (χ0v) is 11.8. The van der Waals surface area contributed by atoms with E-state index in [1.165, 1.54) is 11.3 Å². The SMILES string of the molecule is CCn1nc(C)cc1CNCc1ccc2c(c1)OCO2. The van der Waals surface area contributed by atoms with E-state index in [0.717, 1.165) is 36.8 Å². The molecule has 20 heavy (non-hydrogen) atoms. The van der Waals surface area contributed by atoms with Crippen molar-refractivity contribution in [3.8, 4) is 11.5 Å². The van der Waals surface area contributed by atoms with Crippen molar-refractivity contribution in [3.63, 3.8) is 0 Å². The van der Waals surface area contributed by atoms with Crippen LogP contribution in [0.1, 0.15) is 23.9 Å². The van der Waals surface area contributed by atoms with Crippen LogP contribution in [0.25, 0.3) is 0 Å². The van der Waals surface area contributed by atoms with Gasteiger partial charge in [0.25, 0.3) is 0 Å². The van der Waals surface area contributed by atoms with Gasteiger partial charge < -0.3 is 14.8 Å². The van der Waals surface area contributed by atoms with Crippen LogP contribution in [-0.4, -0.2) is 16.6 Å². The van der Waals surface area contributed by atoms with Gasteiger partial charge in [0.05, 0.1) is 11.4 Å². The third kappa shape index (κ3) is 2.63. The molecule has 1 aliphatic heterocycles. The van der Waals surface area contributed by atoms with Crippen LogP contribution >= 0.6 is 0 Å². The molecule has 0 atom stereocenters. The van der Waals surface area contributed by atoms with Crippen molar-refractivity contribution in [2.75, 3.05) is 6.79 Å². The van der Waals surface area contributed by atoms with E-state index in [1.807, 2.05) is 23.7 Å². The smallest absolute Gasteiger partial charge is 0.231 e. The van der Waals surface area contributed by atoms with Gasteiger partial charge in [-0.05, 0) is 37.6 Å². The number of hydrogen-bond acceptors (Lipinski definition) is 4. The highest BCUT2D eigenvalue weighted by Crippen LogP contribution is 2.32. The standard InChI is InChI=1S/C15H19N3O2/c1-3-18-13(6-11(2)17-18)9-16-8-12-4-5-14-15(7-12)20-10-19-14/h4-7,16H,3,8-10H2,1-2H3. The first-order valence-corrected chi connectivity index (χ1v) is 6.89. The second-order valence-electron chi connectivity index (χ2n) is 4.88. The number of ether oxygens (including phenoxy) is 2. The zero-order chi connectivity index (χ0) is 13.9. The number of aryl methyl sites for hydroxylation is 2. The Morgan fingerprint density at radius 1 is 1.20 bits per heavy atom. The van der Waals surface area contributed by atoms with Gasteiger partial charge in [-0.2, -0.15) is 5.10 Å². The van der Waals surface area contributed by atoms with Crippen molar-refractivity contribution >= 4 is 0 Å². The lowest BCUT2D eigenvalue weighted by Crippen LogP contribution is -2.16. The number of fused-ring (bicyclic) bond motifs is 1. The highest BCUT2D eigenvalue weighted by molar-refractivity contribution is 5.44. The molecule has 0 amide bonds. The monoisotopic (exact) mass is 273 g/mol. The van der Waals surface area contributed by atoms with E-state index < -0.39 is 0 Å². The summed E-state index contributed by atoms with van der Waals surface area (Å²) in [7, 11) is 0. The lowest BCUT2D eigenvalue weighted by atomic mass is 10.2. The van der Waals surface area contributed by atoms with Gasteiger partial charge in [-0.3, -0.25) is 4.68 Å². The Bertz CT molecular complexity index is 607. The summed E-state index contributed by atoms with van der Waals surface area (Å²) in [6, 6.07) is 8.16. The Hall–Kier alpha value is -2.01. The van der Waals surface area contributed by atoms with E-state index in [1.54, 1.807) is 0 Å². The van der Waals surface area contributed by atoms with Gasteiger partial charge in [-0.15, -0.1) is 0 Å². The topological polar surface area (TPSA) is 48.3 Å². The number of benzene rings is 1. The van der Waals surface area contributed by atoms with Crippen molar-refractivity contribution in [1.82, 2.24) is 15.1 Å². The van der Waals surface area contributed by atoms with Gasteiger partial charge in [0.15, 0.2) is 11.5 Å². The molecule has 106 valence electrons. The fourth-order valence-corrected chi connectivity index (χ4v) is 2.40. The van der Waals surface area contributed by atoms with E-state index in [-0.39, 0.29) is 0 Å². The lowest BCUT2D eigenvalue weighted by Gasteiger charge is -2.07. The van der Waals surface area contributed by atoms with Crippen molar-refractivity contribution in [2.45, 2.75) is 33.5 Å². The predicted molar refractivity (Wildman–Crippen MR) is 75.7 cm³/mol. The first-order chi connectivity index (χ1) is 9.76. The molecule has 0 aliphatic carbocycles. The third-order valence-corrected chi connectivity index (χ3v) is 3.36. The van der Waals surface area contributed by atoms with E-state index in [0.29, 0.717) is 6.79 Å². The fourth-order valence-electron chi connectivity index (χ4n) is 2.40. The number of nitrogens with one attached hydrogen (secondary N) is 1. The average molecular weight is 273 g/mol. The molecule has 0 saturated carbocycles. The lowest BCUT2D eigenvalue weighted by molar-refractivity contribution is 0.174. The molecule has 5 heteroatoms. The minimum Gasteiger partial charge on any atom is -0.454 e. The summed E-state index contributed by atoms with van der Waals surface area (Å²) in [6.07, 6.45) is 0. The maximum atomic E-state index is 5.38. The Labute approximate surface area is 118 Å². The molecule has 0 spiro atoms. The van der Waals surface area contributed by atoms with Gasteiger partial charge in [0, 0.05) is 19.6 Å². The molecule has 2 heterocycles. The Kier molecular flexibility index (Phi) is 3.60. The Morgan fingerprint density at radius 2 is 2.05 bits per heavy atom. The van der Waals surface area contributed by atoms with E-state index in [4.69, 9.17) is 9.47 Å². The predicted octanol–water partition coefficient (Wildman–Crippen LogP) is 2.23. The number of rotatable bonds is 5. The van der Waals surface area contributed by atoms with Crippen LogP contribution < -0.4 is 14.8 Å². The second kappa shape index (κ2) is 5.54. The summed E-state index contributed by atoms with van der Waals surface area (Å²) in [5, 5.41) is 7.88. The summed E-state index contributed by atoms with van der Waals surface area (Å²) < 4.78 is 12.7. The zero-order valence-electron chi connectivity index (χ0n) is 11.8. The second-order valence-corrected chi connectivity index (χ2v) is 4.88. The van der Waals surface area contributed by atoms with Crippen LogP contribution in [-0.2, 0) is 19.6 Å². The molecule has 1 aliphatic rings. The summed E-state index contributed by atoms with van der Waals surface area (Å²) in [5.41, 5.74) is 3.46. The fraction of sp³-hybridized carbons (Fsp3) is 0.400. The number of hydrogen-bond donors (Lipinski definition) is 1. The number of aromatic nitrogens is 2. The molecule has 3 rings (SSSR count). The largest absolute Gasteiger partial charge is 0.454 e. The molecule has 1 aromatic heterocycles. The first kappa shape index (κ1) is 13.0. The van der Waals surface area contributed by atoms with Crippen LogP contribution in [0, 0.1) is 6.92 Å². The minimum atomic E-state index is 0.321. The van der Waals surface area contributed by atoms with Crippen LogP contribution in [0.4, 0.5) is 0 Å². The third-order valence-electron chi connectivity index (χ3n) is 3.36. The number of nitrogens with zero attached hydrogens (tertiary/aromatic N) is 2.